The van der Waals surface area contributed by atoms with Crippen molar-refractivity contribution in [3.05, 3.63) is 44.5 Å². The molecule has 2 heterocycles. The van der Waals surface area contributed by atoms with Crippen LogP contribution in [0.1, 0.15) is 11.3 Å². The Labute approximate surface area is 108 Å². The van der Waals surface area contributed by atoms with Gasteiger partial charge in [-0.2, -0.15) is 0 Å². The first kappa shape index (κ1) is 12.4. The number of nitrogens with one attached hydrogen (secondary N) is 1. The first-order valence-electron chi connectivity index (χ1n) is 5.39. The molecule has 0 aliphatic heterocycles. The minimum Gasteiger partial charge on any atom is -0.369 e. The monoisotopic (exact) mass is 264 g/mol. The predicted molar refractivity (Wildman–Crippen MR) is 69.9 cm³/mol. The molecule has 0 aliphatic rings. The highest BCUT2D eigenvalue weighted by atomic mass is 32.1. The molecule has 0 amide bonds. The van der Waals surface area contributed by atoms with Crippen molar-refractivity contribution in [1.29, 1.82) is 0 Å². The summed E-state index contributed by atoms with van der Waals surface area (Å²) in [4.78, 5) is 18.6. The fourth-order valence-electron chi connectivity index (χ4n) is 1.49. The van der Waals surface area contributed by atoms with Crippen LogP contribution in [0.2, 0.25) is 0 Å². The molecule has 0 radical (unpaired) electrons. The van der Waals surface area contributed by atoms with Crippen molar-refractivity contribution in [2.24, 2.45) is 0 Å². The van der Waals surface area contributed by atoms with Gasteiger partial charge in [-0.3, -0.25) is 10.1 Å². The number of nitrogens with zero attached hydrogens (tertiary/aromatic N) is 3. The second-order valence-electron chi connectivity index (χ2n) is 3.77. The Bertz CT molecular complexity index is 542. The lowest BCUT2D eigenvalue weighted by molar-refractivity contribution is -0.385. The van der Waals surface area contributed by atoms with Gasteiger partial charge in [-0.15, -0.1) is 11.3 Å². The summed E-state index contributed by atoms with van der Waals surface area (Å²) in [5, 5.41) is 15.8. The second kappa shape index (κ2) is 5.54. The highest BCUT2D eigenvalue weighted by molar-refractivity contribution is 7.07. The van der Waals surface area contributed by atoms with Crippen LogP contribution in [-0.4, -0.2) is 21.4 Å². The molecule has 7 heteroatoms. The van der Waals surface area contributed by atoms with E-state index in [4.69, 9.17) is 0 Å². The van der Waals surface area contributed by atoms with Gasteiger partial charge < -0.3 is 5.32 Å². The van der Waals surface area contributed by atoms with Crippen LogP contribution in [-0.2, 0) is 6.42 Å². The van der Waals surface area contributed by atoms with Gasteiger partial charge in [0.1, 0.15) is 5.82 Å². The molecule has 94 valence electrons. The van der Waals surface area contributed by atoms with Gasteiger partial charge in [0.15, 0.2) is 0 Å². The summed E-state index contributed by atoms with van der Waals surface area (Å²) in [5.41, 5.74) is 3.44. The molecule has 1 N–H and O–H groups in total. The van der Waals surface area contributed by atoms with Gasteiger partial charge >= 0.3 is 0 Å². The van der Waals surface area contributed by atoms with Crippen molar-refractivity contribution >= 4 is 22.8 Å². The first-order chi connectivity index (χ1) is 8.66. The van der Waals surface area contributed by atoms with Gasteiger partial charge in [0.25, 0.3) is 5.69 Å². The van der Waals surface area contributed by atoms with E-state index in [1.165, 1.54) is 12.3 Å². The molecule has 0 aromatic carbocycles. The zero-order chi connectivity index (χ0) is 13.0. The van der Waals surface area contributed by atoms with Crippen molar-refractivity contribution < 1.29 is 4.92 Å². The van der Waals surface area contributed by atoms with Crippen LogP contribution >= 0.6 is 11.3 Å². The van der Waals surface area contributed by atoms with E-state index in [0.29, 0.717) is 17.9 Å². The Kier molecular flexibility index (Phi) is 3.83. The van der Waals surface area contributed by atoms with E-state index in [9.17, 15) is 10.1 Å². The van der Waals surface area contributed by atoms with Crippen LogP contribution in [0.4, 0.5) is 11.5 Å². The van der Waals surface area contributed by atoms with Crippen LogP contribution in [0.5, 0.6) is 0 Å². The highest BCUT2D eigenvalue weighted by Gasteiger charge is 2.11. The lowest BCUT2D eigenvalue weighted by atomic mass is 10.2. The zero-order valence-electron chi connectivity index (χ0n) is 9.79. The highest BCUT2D eigenvalue weighted by Crippen LogP contribution is 2.19. The molecule has 2 aromatic rings. The number of anilines is 1. The summed E-state index contributed by atoms with van der Waals surface area (Å²) in [7, 11) is 0. The fraction of sp³-hybridized carbons (Fsp3) is 0.273. The summed E-state index contributed by atoms with van der Waals surface area (Å²) in [6, 6.07) is 1.45. The van der Waals surface area contributed by atoms with Crippen molar-refractivity contribution in [2.75, 3.05) is 11.9 Å². The SMILES string of the molecule is Cc1cnc(NCCc2cscn2)cc1[N+](=O)[O-]. The molecule has 0 spiro atoms. The Morgan fingerprint density at radius 2 is 2.33 bits per heavy atom. The normalized spacial score (nSPS) is 10.3. The standard InChI is InChI=1S/C11H12N4O2S/c1-8-5-13-11(4-10(8)15(16)17)12-3-2-9-6-18-7-14-9/h4-7H,2-3H2,1H3,(H,12,13). The van der Waals surface area contributed by atoms with Crippen molar-refractivity contribution in [1.82, 2.24) is 9.97 Å². The van der Waals surface area contributed by atoms with Gasteiger partial charge in [0.2, 0.25) is 0 Å². The Hall–Kier alpha value is -2.02. The number of hydrogen-bond acceptors (Lipinski definition) is 6. The van der Waals surface area contributed by atoms with E-state index in [2.05, 4.69) is 15.3 Å². The fourth-order valence-corrected chi connectivity index (χ4v) is 2.08. The maximum absolute atomic E-state index is 10.8. The number of nitro groups is 1. The van der Waals surface area contributed by atoms with Crippen LogP contribution in [0.15, 0.2) is 23.2 Å². The number of pyridine rings is 1. The Morgan fingerprint density at radius 1 is 1.50 bits per heavy atom. The molecule has 18 heavy (non-hydrogen) atoms. The second-order valence-corrected chi connectivity index (χ2v) is 4.49. The summed E-state index contributed by atoms with van der Waals surface area (Å²) in [5.74, 6) is 0.516. The molecule has 0 fully saturated rings. The van der Waals surface area contributed by atoms with Crippen LogP contribution in [0.3, 0.4) is 0 Å². The summed E-state index contributed by atoms with van der Waals surface area (Å²) < 4.78 is 0. The van der Waals surface area contributed by atoms with E-state index in [1.54, 1.807) is 23.8 Å². The number of rotatable bonds is 5. The van der Waals surface area contributed by atoms with E-state index in [-0.39, 0.29) is 5.69 Å². The zero-order valence-corrected chi connectivity index (χ0v) is 10.6. The average Bonchev–Trinajstić information content (AvgIpc) is 2.84. The van der Waals surface area contributed by atoms with Gasteiger partial charge in [0.05, 0.1) is 22.2 Å². The largest absolute Gasteiger partial charge is 0.369 e. The van der Waals surface area contributed by atoms with Gasteiger partial charge in [0, 0.05) is 30.1 Å². The van der Waals surface area contributed by atoms with E-state index >= 15 is 0 Å². The van der Waals surface area contributed by atoms with Gasteiger partial charge in [-0.1, -0.05) is 0 Å². The third-order valence-electron chi connectivity index (χ3n) is 2.44. The number of thiazole rings is 1. The molecule has 2 rings (SSSR count). The number of aryl methyl sites for hydroxylation is 1. The molecule has 0 unspecified atom stereocenters. The van der Waals surface area contributed by atoms with E-state index in [1.807, 2.05) is 5.38 Å². The van der Waals surface area contributed by atoms with E-state index < -0.39 is 4.92 Å². The summed E-state index contributed by atoms with van der Waals surface area (Å²) in [6.07, 6.45) is 2.27. The Balaban J connectivity index is 1.97. The van der Waals surface area contributed by atoms with Crippen molar-refractivity contribution in [3.63, 3.8) is 0 Å². The third kappa shape index (κ3) is 3.01. The molecule has 0 atom stereocenters. The quantitative estimate of drug-likeness (QED) is 0.662. The smallest absolute Gasteiger partial charge is 0.277 e. The minimum absolute atomic E-state index is 0.0844. The van der Waals surface area contributed by atoms with E-state index in [0.717, 1.165) is 12.1 Å². The third-order valence-corrected chi connectivity index (χ3v) is 3.08. The lowest BCUT2D eigenvalue weighted by Crippen LogP contribution is -2.07. The topological polar surface area (TPSA) is 81.0 Å². The maximum atomic E-state index is 10.8. The minimum atomic E-state index is -0.400. The summed E-state index contributed by atoms with van der Waals surface area (Å²) >= 11 is 1.55. The molecule has 0 saturated carbocycles. The average molecular weight is 264 g/mol. The molecule has 6 nitrogen and oxygen atoms in total. The Morgan fingerprint density at radius 3 is 3.00 bits per heavy atom. The molecular weight excluding hydrogens is 252 g/mol. The van der Waals surface area contributed by atoms with Crippen LogP contribution < -0.4 is 5.32 Å². The number of hydrogen-bond donors (Lipinski definition) is 1. The predicted octanol–water partition coefficient (Wildman–Crippen LogP) is 2.41. The molecule has 2 aromatic heterocycles. The first-order valence-corrected chi connectivity index (χ1v) is 6.33. The van der Waals surface area contributed by atoms with Crippen molar-refractivity contribution in [2.45, 2.75) is 13.3 Å². The maximum Gasteiger partial charge on any atom is 0.277 e. The molecule has 0 aliphatic carbocycles. The molecular formula is C11H12N4O2S. The molecule has 0 saturated heterocycles. The lowest BCUT2D eigenvalue weighted by Gasteiger charge is -2.05. The van der Waals surface area contributed by atoms with Crippen molar-refractivity contribution in [3.8, 4) is 0 Å². The van der Waals surface area contributed by atoms with Gasteiger partial charge in [-0.25, -0.2) is 9.97 Å². The molecule has 0 bridgehead atoms. The number of aromatic nitrogens is 2. The summed E-state index contributed by atoms with van der Waals surface area (Å²) in [6.45, 7) is 2.32. The van der Waals surface area contributed by atoms with Gasteiger partial charge in [-0.05, 0) is 6.92 Å². The van der Waals surface area contributed by atoms with Crippen LogP contribution in [0.25, 0.3) is 0 Å². The van der Waals surface area contributed by atoms with Crippen LogP contribution in [0, 0.1) is 17.0 Å².